The van der Waals surface area contributed by atoms with Gasteiger partial charge in [-0.25, -0.2) is 0 Å². The Kier molecular flexibility index (Phi) is 5.15. The third kappa shape index (κ3) is 3.38. The highest BCUT2D eigenvalue weighted by atomic mass is 16.3. The Morgan fingerprint density at radius 2 is 1.94 bits per heavy atom. The average Bonchev–Trinajstić information content (AvgIpc) is 3.35. The molecule has 0 bridgehead atoms. The Balaban J connectivity index is 1.60. The molecule has 0 unspecified atom stereocenters. The first-order valence-electron chi connectivity index (χ1n) is 12.0. The summed E-state index contributed by atoms with van der Waals surface area (Å²) in [6.07, 6.45) is 4.92. The fourth-order valence-electron chi connectivity index (χ4n) is 5.76. The Bertz CT molecular complexity index is 1240. The van der Waals surface area contributed by atoms with Crippen molar-refractivity contribution < 1.29 is 14.0 Å². The van der Waals surface area contributed by atoms with Crippen molar-refractivity contribution in [3.8, 4) is 0 Å². The van der Waals surface area contributed by atoms with Gasteiger partial charge in [0.25, 0.3) is 5.91 Å². The number of carbonyl (C=O) groups excluding carboxylic acids is 2. The zero-order valence-corrected chi connectivity index (χ0v) is 20.1. The monoisotopic (exact) mass is 447 g/mol. The number of fused-ring (bicyclic) bond motifs is 3. The minimum absolute atomic E-state index is 0.0993. The molecule has 1 aromatic carbocycles. The Labute approximate surface area is 194 Å². The number of carbonyl (C=O) groups is 2. The summed E-state index contributed by atoms with van der Waals surface area (Å²) in [5.74, 6) is 0.699. The van der Waals surface area contributed by atoms with Crippen LogP contribution >= 0.6 is 0 Å². The van der Waals surface area contributed by atoms with Crippen LogP contribution in [0, 0.1) is 25.7 Å². The third-order valence-corrected chi connectivity index (χ3v) is 8.01. The van der Waals surface area contributed by atoms with Crippen molar-refractivity contribution in [1.82, 2.24) is 9.88 Å². The van der Waals surface area contributed by atoms with E-state index >= 15 is 0 Å². The summed E-state index contributed by atoms with van der Waals surface area (Å²) in [6.45, 7) is 10.8. The predicted molar refractivity (Wildman–Crippen MR) is 129 cm³/mol. The van der Waals surface area contributed by atoms with E-state index in [1.54, 1.807) is 17.2 Å². The van der Waals surface area contributed by atoms with Crippen LogP contribution in [0.1, 0.15) is 61.6 Å². The van der Waals surface area contributed by atoms with Crippen LogP contribution in [0.25, 0.3) is 11.1 Å². The zero-order chi connectivity index (χ0) is 23.5. The number of anilines is 1. The van der Waals surface area contributed by atoms with E-state index in [1.165, 1.54) is 6.42 Å². The molecule has 5 rings (SSSR count). The maximum absolute atomic E-state index is 14.0. The lowest BCUT2D eigenvalue weighted by Gasteiger charge is -2.46. The first-order valence-corrected chi connectivity index (χ1v) is 12.0. The largest absolute Gasteiger partial charge is 0.463 e. The summed E-state index contributed by atoms with van der Waals surface area (Å²) in [7, 11) is 0. The molecule has 6 nitrogen and oxygen atoms in total. The van der Waals surface area contributed by atoms with E-state index in [-0.39, 0.29) is 17.9 Å². The number of rotatable bonds is 3. The third-order valence-electron chi connectivity index (χ3n) is 8.01. The van der Waals surface area contributed by atoms with Crippen molar-refractivity contribution >= 4 is 28.6 Å². The van der Waals surface area contributed by atoms with Crippen LogP contribution < -0.4 is 10.2 Å². The molecule has 2 aliphatic rings. The molecule has 1 fully saturated rings. The molecule has 1 aliphatic carbocycles. The zero-order valence-electron chi connectivity index (χ0n) is 20.1. The number of hydrogen-bond acceptors (Lipinski definition) is 3. The average molecular weight is 448 g/mol. The van der Waals surface area contributed by atoms with Crippen LogP contribution in [0.4, 0.5) is 5.69 Å². The summed E-state index contributed by atoms with van der Waals surface area (Å²) in [4.78, 5) is 29.7. The molecule has 0 radical (unpaired) electrons. The molecule has 3 aromatic rings. The molecule has 0 spiro atoms. The molecule has 0 saturated heterocycles. The maximum atomic E-state index is 14.0. The summed E-state index contributed by atoms with van der Waals surface area (Å²) < 4.78 is 7.52. The number of aromatic nitrogens is 1. The van der Waals surface area contributed by atoms with Gasteiger partial charge in [0, 0.05) is 23.9 Å². The highest BCUT2D eigenvalue weighted by molar-refractivity contribution is 6.14. The van der Waals surface area contributed by atoms with Crippen molar-refractivity contribution in [3.05, 3.63) is 53.4 Å². The van der Waals surface area contributed by atoms with E-state index in [0.717, 1.165) is 35.2 Å². The molecular formula is C27H33N3O3. The van der Waals surface area contributed by atoms with Crippen LogP contribution in [0.2, 0.25) is 0 Å². The lowest BCUT2D eigenvalue weighted by Crippen LogP contribution is -2.66. The number of furan rings is 1. The van der Waals surface area contributed by atoms with Crippen LogP contribution in [-0.2, 0) is 11.3 Å². The van der Waals surface area contributed by atoms with Gasteiger partial charge in [0.2, 0.25) is 5.91 Å². The molecule has 3 heterocycles. The minimum Gasteiger partial charge on any atom is -0.463 e. The summed E-state index contributed by atoms with van der Waals surface area (Å²) in [6, 6.07) is 9.79. The molecule has 174 valence electrons. The van der Waals surface area contributed by atoms with Crippen molar-refractivity contribution in [2.24, 2.45) is 11.8 Å². The van der Waals surface area contributed by atoms with Crippen LogP contribution in [-0.4, -0.2) is 28.0 Å². The first kappa shape index (κ1) is 21.8. The smallest absolute Gasteiger partial charge is 0.276 e. The number of nitrogens with one attached hydrogen (secondary N) is 1. The molecule has 4 atom stereocenters. The fourth-order valence-corrected chi connectivity index (χ4v) is 5.76. The molecule has 1 saturated carbocycles. The molecular weight excluding hydrogens is 414 g/mol. The highest BCUT2D eigenvalue weighted by Crippen LogP contribution is 2.38. The molecule has 2 aromatic heterocycles. The van der Waals surface area contributed by atoms with Gasteiger partial charge in [0.05, 0.1) is 18.3 Å². The number of benzene rings is 1. The lowest BCUT2D eigenvalue weighted by atomic mass is 9.77. The minimum atomic E-state index is -1.08. The van der Waals surface area contributed by atoms with Gasteiger partial charge in [0.15, 0.2) is 5.58 Å². The SMILES string of the molecule is Cc1ccc(N2C(=O)c3cc4occc4n3C[C@]2(C)C(=O)N[C@@H]2CCC[C@@H](C)[C@H]2C)c(C)c1. The van der Waals surface area contributed by atoms with E-state index in [1.807, 2.05) is 43.5 Å². The van der Waals surface area contributed by atoms with Crippen molar-refractivity contribution in [2.45, 2.75) is 72.0 Å². The first-order chi connectivity index (χ1) is 15.7. The lowest BCUT2D eigenvalue weighted by molar-refractivity contribution is -0.128. The fraction of sp³-hybridized carbons (Fsp3) is 0.481. The van der Waals surface area contributed by atoms with Crippen molar-refractivity contribution in [3.63, 3.8) is 0 Å². The van der Waals surface area contributed by atoms with E-state index in [0.29, 0.717) is 29.7 Å². The maximum Gasteiger partial charge on any atom is 0.276 e. The van der Waals surface area contributed by atoms with Gasteiger partial charge >= 0.3 is 0 Å². The second-order valence-corrected chi connectivity index (χ2v) is 10.3. The quantitative estimate of drug-likeness (QED) is 0.599. The summed E-state index contributed by atoms with van der Waals surface area (Å²) in [5, 5.41) is 3.36. The van der Waals surface area contributed by atoms with Crippen molar-refractivity contribution in [2.75, 3.05) is 4.90 Å². The highest BCUT2D eigenvalue weighted by Gasteiger charge is 2.50. The summed E-state index contributed by atoms with van der Waals surface area (Å²) >= 11 is 0. The topological polar surface area (TPSA) is 67.5 Å². The Morgan fingerprint density at radius 3 is 2.70 bits per heavy atom. The number of nitrogens with zero attached hydrogens (tertiary/aromatic N) is 2. The van der Waals surface area contributed by atoms with Crippen molar-refractivity contribution in [1.29, 1.82) is 0 Å². The van der Waals surface area contributed by atoms with Gasteiger partial charge in [-0.15, -0.1) is 0 Å². The van der Waals surface area contributed by atoms with E-state index < -0.39 is 5.54 Å². The molecule has 1 N–H and O–H groups in total. The van der Waals surface area contributed by atoms with Crippen LogP contribution in [0.15, 0.2) is 41.0 Å². The number of amides is 2. The van der Waals surface area contributed by atoms with Gasteiger partial charge in [0.1, 0.15) is 11.2 Å². The van der Waals surface area contributed by atoms with E-state index in [9.17, 15) is 9.59 Å². The van der Waals surface area contributed by atoms with E-state index in [2.05, 4.69) is 25.2 Å². The predicted octanol–water partition coefficient (Wildman–Crippen LogP) is 5.21. The standard InChI is InChI=1S/C27H33N3O3/c1-16-9-10-21(18(3)13-16)30-25(31)23-14-24-22(11-12-33-24)29(23)15-27(30,5)26(32)28-20-8-6-7-17(2)19(20)4/h9-14,17,19-20H,6-8,15H2,1-5H3,(H,28,32)/t17-,19-,20-,27-/m1/s1. The number of aryl methyl sites for hydroxylation is 2. The Morgan fingerprint density at radius 1 is 1.15 bits per heavy atom. The van der Waals surface area contributed by atoms with Gasteiger partial charge in [-0.05, 0) is 50.7 Å². The van der Waals surface area contributed by atoms with E-state index in [4.69, 9.17) is 4.42 Å². The van der Waals surface area contributed by atoms with Gasteiger partial charge in [-0.3, -0.25) is 14.5 Å². The Hall–Kier alpha value is -3.02. The molecule has 2 amide bonds. The summed E-state index contributed by atoms with van der Waals surface area (Å²) in [5.41, 5.74) is 3.86. The second kappa shape index (κ2) is 7.79. The van der Waals surface area contributed by atoms with Gasteiger partial charge in [-0.2, -0.15) is 0 Å². The van der Waals surface area contributed by atoms with Gasteiger partial charge < -0.3 is 14.3 Å². The van der Waals surface area contributed by atoms with Gasteiger partial charge in [-0.1, -0.05) is 44.4 Å². The molecule has 6 heteroatoms. The number of hydrogen-bond donors (Lipinski definition) is 1. The van der Waals surface area contributed by atoms with Crippen LogP contribution in [0.3, 0.4) is 0 Å². The molecule has 1 aliphatic heterocycles. The molecule has 33 heavy (non-hydrogen) atoms. The van der Waals surface area contributed by atoms with Crippen LogP contribution in [0.5, 0.6) is 0 Å². The second-order valence-electron chi connectivity index (χ2n) is 10.3. The normalized spacial score (nSPS) is 27.6.